The molecule has 1 saturated carbocycles. The van der Waals surface area contributed by atoms with Crippen LogP contribution in [0.15, 0.2) is 18.2 Å². The van der Waals surface area contributed by atoms with Gasteiger partial charge in [-0.25, -0.2) is 0 Å². The second-order valence-corrected chi connectivity index (χ2v) is 5.83. The number of methoxy groups -OCH3 is 1. The van der Waals surface area contributed by atoms with Gasteiger partial charge in [-0.15, -0.1) is 0 Å². The Labute approximate surface area is 122 Å². The normalized spacial score (nSPS) is 17.8. The molecule has 0 radical (unpaired) electrons. The summed E-state index contributed by atoms with van der Waals surface area (Å²) in [5.41, 5.74) is 1.18. The average molecular weight is 277 g/mol. The molecule has 0 bridgehead atoms. The van der Waals surface area contributed by atoms with Gasteiger partial charge >= 0.3 is 0 Å². The molecule has 3 nitrogen and oxygen atoms in total. The predicted molar refractivity (Wildman–Crippen MR) is 82.7 cm³/mol. The van der Waals surface area contributed by atoms with Crippen molar-refractivity contribution in [3.05, 3.63) is 23.8 Å². The van der Waals surface area contributed by atoms with Crippen LogP contribution in [-0.4, -0.2) is 25.8 Å². The minimum atomic E-state index is 0.147. The maximum atomic E-state index is 5.99. The highest BCUT2D eigenvalue weighted by molar-refractivity contribution is 5.42. The molecular formula is C17H27NO2. The van der Waals surface area contributed by atoms with Gasteiger partial charge in [-0.1, -0.05) is 25.3 Å². The Hall–Kier alpha value is -1.22. The van der Waals surface area contributed by atoms with Crippen LogP contribution >= 0.6 is 0 Å². The van der Waals surface area contributed by atoms with E-state index in [4.69, 9.17) is 9.47 Å². The van der Waals surface area contributed by atoms with Gasteiger partial charge in [0.25, 0.3) is 0 Å². The summed E-state index contributed by atoms with van der Waals surface area (Å²) in [7, 11) is 1.69. The summed E-state index contributed by atoms with van der Waals surface area (Å²) in [5, 5.41) is 3.62. The maximum Gasteiger partial charge on any atom is 0.161 e. The van der Waals surface area contributed by atoms with Crippen molar-refractivity contribution in [2.24, 2.45) is 0 Å². The Morgan fingerprint density at radius 2 is 1.95 bits per heavy atom. The van der Waals surface area contributed by atoms with Crippen molar-refractivity contribution in [1.82, 2.24) is 5.32 Å². The lowest BCUT2D eigenvalue weighted by atomic mass is 9.95. The van der Waals surface area contributed by atoms with Gasteiger partial charge in [-0.2, -0.15) is 0 Å². The van der Waals surface area contributed by atoms with Gasteiger partial charge < -0.3 is 14.8 Å². The maximum absolute atomic E-state index is 5.99. The van der Waals surface area contributed by atoms with Crippen molar-refractivity contribution in [3.8, 4) is 11.5 Å². The molecule has 1 unspecified atom stereocenters. The third-order valence-corrected chi connectivity index (χ3v) is 3.95. The predicted octanol–water partition coefficient (Wildman–Crippen LogP) is 3.69. The van der Waals surface area contributed by atoms with E-state index in [2.05, 4.69) is 25.2 Å². The average Bonchev–Trinajstić information content (AvgIpc) is 2.48. The molecule has 3 heteroatoms. The van der Waals surface area contributed by atoms with E-state index in [1.165, 1.54) is 37.7 Å². The van der Waals surface area contributed by atoms with E-state index >= 15 is 0 Å². The van der Waals surface area contributed by atoms with Crippen molar-refractivity contribution in [2.45, 2.75) is 58.1 Å². The number of hydrogen-bond acceptors (Lipinski definition) is 3. The molecular weight excluding hydrogens is 250 g/mol. The van der Waals surface area contributed by atoms with Crippen molar-refractivity contribution in [2.75, 3.05) is 13.7 Å². The zero-order valence-electron chi connectivity index (χ0n) is 12.9. The number of benzene rings is 1. The first-order valence-corrected chi connectivity index (χ1v) is 7.73. The Bertz CT molecular complexity index is 413. The minimum Gasteiger partial charge on any atom is -0.493 e. The minimum absolute atomic E-state index is 0.147. The molecule has 112 valence electrons. The third kappa shape index (κ3) is 4.41. The third-order valence-electron chi connectivity index (χ3n) is 3.95. The van der Waals surface area contributed by atoms with Crippen LogP contribution in [0, 0.1) is 6.92 Å². The molecule has 1 N–H and O–H groups in total. The fourth-order valence-corrected chi connectivity index (χ4v) is 2.77. The monoisotopic (exact) mass is 277 g/mol. The topological polar surface area (TPSA) is 30.5 Å². The van der Waals surface area contributed by atoms with E-state index in [9.17, 15) is 0 Å². The summed E-state index contributed by atoms with van der Waals surface area (Å²) < 4.78 is 11.4. The molecule has 1 fully saturated rings. The van der Waals surface area contributed by atoms with E-state index < -0.39 is 0 Å². The van der Waals surface area contributed by atoms with Gasteiger partial charge in [-0.05, 0) is 44.4 Å². The Morgan fingerprint density at radius 3 is 2.65 bits per heavy atom. The zero-order valence-corrected chi connectivity index (χ0v) is 12.9. The Balaban J connectivity index is 1.82. The summed E-state index contributed by atoms with van der Waals surface area (Å²) in [6.45, 7) is 5.05. The number of nitrogens with one attached hydrogen (secondary N) is 1. The van der Waals surface area contributed by atoms with Crippen LogP contribution in [0.4, 0.5) is 0 Å². The van der Waals surface area contributed by atoms with Crippen molar-refractivity contribution >= 4 is 0 Å². The first-order valence-electron chi connectivity index (χ1n) is 7.73. The van der Waals surface area contributed by atoms with E-state index in [1.807, 2.05) is 12.1 Å². The molecule has 2 rings (SSSR count). The summed E-state index contributed by atoms with van der Waals surface area (Å²) in [6, 6.07) is 6.73. The summed E-state index contributed by atoms with van der Waals surface area (Å²) in [4.78, 5) is 0. The van der Waals surface area contributed by atoms with Crippen molar-refractivity contribution < 1.29 is 9.47 Å². The molecule has 1 aliphatic rings. The number of aryl methyl sites for hydroxylation is 1. The van der Waals surface area contributed by atoms with Crippen LogP contribution in [-0.2, 0) is 0 Å². The summed E-state index contributed by atoms with van der Waals surface area (Å²) in [6.07, 6.45) is 6.87. The van der Waals surface area contributed by atoms with Crippen LogP contribution in [0.2, 0.25) is 0 Å². The highest BCUT2D eigenvalue weighted by Gasteiger charge is 2.15. The highest BCUT2D eigenvalue weighted by Crippen LogP contribution is 2.28. The molecule has 0 spiro atoms. The van der Waals surface area contributed by atoms with Crippen molar-refractivity contribution in [3.63, 3.8) is 0 Å². The SMILES string of the molecule is COc1cc(C)ccc1OC(C)CNC1CCCCC1. The van der Waals surface area contributed by atoms with Gasteiger partial charge in [-0.3, -0.25) is 0 Å². The Kier molecular flexibility index (Phi) is 5.72. The van der Waals surface area contributed by atoms with Gasteiger partial charge in [0.1, 0.15) is 6.10 Å². The first kappa shape index (κ1) is 15.2. The van der Waals surface area contributed by atoms with Crippen LogP contribution < -0.4 is 14.8 Å². The van der Waals surface area contributed by atoms with E-state index in [0.717, 1.165) is 18.0 Å². The van der Waals surface area contributed by atoms with Gasteiger partial charge in [0, 0.05) is 12.6 Å². The largest absolute Gasteiger partial charge is 0.493 e. The molecule has 1 aromatic carbocycles. The second kappa shape index (κ2) is 7.53. The smallest absolute Gasteiger partial charge is 0.161 e. The lowest BCUT2D eigenvalue weighted by molar-refractivity contribution is 0.197. The fourth-order valence-electron chi connectivity index (χ4n) is 2.77. The quantitative estimate of drug-likeness (QED) is 0.860. The van der Waals surface area contributed by atoms with Crippen LogP contribution in [0.25, 0.3) is 0 Å². The van der Waals surface area contributed by atoms with Gasteiger partial charge in [0.2, 0.25) is 0 Å². The van der Waals surface area contributed by atoms with E-state index in [-0.39, 0.29) is 6.10 Å². The zero-order chi connectivity index (χ0) is 14.4. The molecule has 1 aliphatic carbocycles. The van der Waals surface area contributed by atoms with E-state index in [0.29, 0.717) is 6.04 Å². The van der Waals surface area contributed by atoms with Crippen LogP contribution in [0.1, 0.15) is 44.6 Å². The van der Waals surface area contributed by atoms with Crippen LogP contribution in [0.3, 0.4) is 0 Å². The van der Waals surface area contributed by atoms with E-state index in [1.54, 1.807) is 7.11 Å². The van der Waals surface area contributed by atoms with Crippen LogP contribution in [0.5, 0.6) is 11.5 Å². The second-order valence-electron chi connectivity index (χ2n) is 5.83. The first-order chi connectivity index (χ1) is 9.69. The molecule has 0 heterocycles. The molecule has 0 amide bonds. The van der Waals surface area contributed by atoms with Gasteiger partial charge in [0.15, 0.2) is 11.5 Å². The summed E-state index contributed by atoms with van der Waals surface area (Å²) in [5.74, 6) is 1.64. The lowest BCUT2D eigenvalue weighted by Crippen LogP contribution is -2.37. The molecule has 1 atom stereocenters. The molecule has 20 heavy (non-hydrogen) atoms. The molecule has 0 aromatic heterocycles. The number of ether oxygens (including phenoxy) is 2. The molecule has 0 saturated heterocycles. The van der Waals surface area contributed by atoms with Crippen molar-refractivity contribution in [1.29, 1.82) is 0 Å². The standard InChI is InChI=1S/C17H27NO2/c1-13-9-10-16(17(11-13)19-3)20-14(2)12-18-15-7-5-4-6-8-15/h9-11,14-15,18H,4-8,12H2,1-3H3. The fraction of sp³-hybridized carbons (Fsp3) is 0.647. The number of hydrogen-bond donors (Lipinski definition) is 1. The summed E-state index contributed by atoms with van der Waals surface area (Å²) >= 11 is 0. The van der Waals surface area contributed by atoms with Gasteiger partial charge in [0.05, 0.1) is 7.11 Å². The lowest BCUT2D eigenvalue weighted by Gasteiger charge is -2.25. The molecule has 1 aromatic rings. The Morgan fingerprint density at radius 1 is 1.20 bits per heavy atom. The molecule has 0 aliphatic heterocycles. The number of rotatable bonds is 6. The highest BCUT2D eigenvalue weighted by atomic mass is 16.5.